The van der Waals surface area contributed by atoms with E-state index in [1.54, 1.807) is 0 Å². The fraction of sp³-hybridized carbons (Fsp3) is 0.889. The number of carboxylic acid groups (broad SMARTS) is 1. The van der Waals surface area contributed by atoms with Crippen LogP contribution in [-0.4, -0.2) is 78.2 Å². The summed E-state index contributed by atoms with van der Waals surface area (Å²) in [5, 5.41) is 18.5. The van der Waals surface area contributed by atoms with Gasteiger partial charge in [0.1, 0.15) is 6.04 Å². The number of carbonyl (C=O) groups is 1. The molecule has 2 saturated heterocycles. The molecule has 18 heavy (non-hydrogen) atoms. The van der Waals surface area contributed by atoms with Crippen LogP contribution in [-0.2, 0) is 19.7 Å². The highest BCUT2D eigenvalue weighted by Gasteiger charge is 2.45. The number of hydrogen-bond donors (Lipinski definition) is 2. The van der Waals surface area contributed by atoms with Crippen molar-refractivity contribution >= 4 is 16.2 Å². The number of aliphatic carboxylic acids is 1. The molecule has 2 rings (SSSR count). The molecule has 0 radical (unpaired) electrons. The standard InChI is InChI=1S/C9H16N2O6S/c12-7-5-8(9(13)14)11(6-7)18(15,16)10-1-3-17-4-2-10/h7-8,12H,1-6H2,(H,13,14)/t7-,8-/m1/s1. The van der Waals surface area contributed by atoms with Crippen molar-refractivity contribution in [3.8, 4) is 0 Å². The average Bonchev–Trinajstić information content (AvgIpc) is 2.73. The van der Waals surface area contributed by atoms with Gasteiger partial charge < -0.3 is 14.9 Å². The van der Waals surface area contributed by atoms with Gasteiger partial charge in [-0.2, -0.15) is 17.0 Å². The van der Waals surface area contributed by atoms with Crippen molar-refractivity contribution < 1.29 is 28.2 Å². The first-order valence-electron chi connectivity index (χ1n) is 5.68. The molecule has 0 amide bonds. The Bertz CT molecular complexity index is 419. The lowest BCUT2D eigenvalue weighted by molar-refractivity contribution is -0.140. The van der Waals surface area contributed by atoms with Crippen molar-refractivity contribution in [1.29, 1.82) is 0 Å². The Labute approximate surface area is 105 Å². The van der Waals surface area contributed by atoms with Gasteiger partial charge in [-0.25, -0.2) is 0 Å². The van der Waals surface area contributed by atoms with Gasteiger partial charge >= 0.3 is 5.97 Å². The van der Waals surface area contributed by atoms with Crippen LogP contribution in [0, 0.1) is 0 Å². The highest BCUT2D eigenvalue weighted by molar-refractivity contribution is 7.86. The van der Waals surface area contributed by atoms with Crippen LogP contribution < -0.4 is 0 Å². The minimum absolute atomic E-state index is 0.0705. The van der Waals surface area contributed by atoms with Crippen molar-refractivity contribution in [2.24, 2.45) is 0 Å². The Kier molecular flexibility index (Phi) is 3.87. The molecule has 0 unspecified atom stereocenters. The maximum atomic E-state index is 12.3. The van der Waals surface area contributed by atoms with E-state index < -0.39 is 28.3 Å². The fourth-order valence-electron chi connectivity index (χ4n) is 2.19. The second kappa shape index (κ2) is 5.10. The van der Waals surface area contributed by atoms with Crippen LogP contribution in [0.5, 0.6) is 0 Å². The van der Waals surface area contributed by atoms with Crippen LogP contribution in [0.25, 0.3) is 0 Å². The molecule has 0 spiro atoms. The van der Waals surface area contributed by atoms with E-state index in [4.69, 9.17) is 9.84 Å². The van der Waals surface area contributed by atoms with E-state index in [2.05, 4.69) is 0 Å². The second-order valence-corrected chi connectivity index (χ2v) is 6.21. The molecule has 2 aliphatic heterocycles. The zero-order valence-corrected chi connectivity index (χ0v) is 10.5. The van der Waals surface area contributed by atoms with Crippen molar-refractivity contribution in [2.45, 2.75) is 18.6 Å². The molecular formula is C9H16N2O6S. The van der Waals surface area contributed by atoms with Gasteiger partial charge in [-0.05, 0) is 0 Å². The Morgan fingerprint density at radius 3 is 2.44 bits per heavy atom. The number of nitrogens with zero attached hydrogens (tertiary/aromatic N) is 2. The van der Waals surface area contributed by atoms with Crippen molar-refractivity contribution in [3.05, 3.63) is 0 Å². The van der Waals surface area contributed by atoms with Gasteiger partial charge in [0.2, 0.25) is 0 Å². The maximum Gasteiger partial charge on any atom is 0.322 e. The molecule has 8 nitrogen and oxygen atoms in total. The Balaban J connectivity index is 2.20. The van der Waals surface area contributed by atoms with Crippen LogP contribution >= 0.6 is 0 Å². The lowest BCUT2D eigenvalue weighted by Gasteiger charge is -2.31. The topological polar surface area (TPSA) is 107 Å². The number of carboxylic acids is 1. The first-order valence-corrected chi connectivity index (χ1v) is 7.08. The molecule has 0 aromatic heterocycles. The van der Waals surface area contributed by atoms with E-state index in [0.29, 0.717) is 13.2 Å². The summed E-state index contributed by atoms with van der Waals surface area (Å²) in [7, 11) is -3.84. The molecule has 0 bridgehead atoms. The van der Waals surface area contributed by atoms with Crippen molar-refractivity contribution in [1.82, 2.24) is 8.61 Å². The molecule has 0 aliphatic carbocycles. The Morgan fingerprint density at radius 2 is 1.89 bits per heavy atom. The van der Waals surface area contributed by atoms with Gasteiger partial charge in [-0.15, -0.1) is 0 Å². The van der Waals surface area contributed by atoms with E-state index >= 15 is 0 Å². The third-order valence-electron chi connectivity index (χ3n) is 3.11. The lowest BCUT2D eigenvalue weighted by Crippen LogP contribution is -2.51. The van der Waals surface area contributed by atoms with Gasteiger partial charge in [0, 0.05) is 26.1 Å². The number of aliphatic hydroxyl groups is 1. The predicted molar refractivity (Wildman–Crippen MR) is 60.1 cm³/mol. The molecule has 0 aromatic rings. The van der Waals surface area contributed by atoms with Crippen LogP contribution in [0.3, 0.4) is 0 Å². The Morgan fingerprint density at radius 1 is 1.28 bits per heavy atom. The normalized spacial score (nSPS) is 31.6. The third kappa shape index (κ3) is 2.50. The molecule has 0 aromatic carbocycles. The Hall–Kier alpha value is -0.740. The van der Waals surface area contributed by atoms with Crippen molar-refractivity contribution in [3.63, 3.8) is 0 Å². The van der Waals surface area contributed by atoms with E-state index in [0.717, 1.165) is 4.31 Å². The second-order valence-electron chi connectivity index (χ2n) is 4.33. The number of ether oxygens (including phenoxy) is 1. The van der Waals surface area contributed by atoms with E-state index in [1.165, 1.54) is 4.31 Å². The van der Waals surface area contributed by atoms with Crippen molar-refractivity contribution in [2.75, 3.05) is 32.8 Å². The lowest BCUT2D eigenvalue weighted by atomic mass is 10.2. The number of β-amino-alcohol motifs (C(OH)–C–C–N with tert-alkyl or cyclic N) is 1. The minimum Gasteiger partial charge on any atom is -0.480 e. The van der Waals surface area contributed by atoms with E-state index in [9.17, 15) is 18.3 Å². The highest BCUT2D eigenvalue weighted by atomic mass is 32.2. The predicted octanol–water partition coefficient (Wildman–Crippen LogP) is -1.92. The van der Waals surface area contributed by atoms with Gasteiger partial charge in [0.05, 0.1) is 19.3 Å². The highest BCUT2D eigenvalue weighted by Crippen LogP contribution is 2.24. The first-order chi connectivity index (χ1) is 8.43. The van der Waals surface area contributed by atoms with Crippen LogP contribution in [0.1, 0.15) is 6.42 Å². The summed E-state index contributed by atoms with van der Waals surface area (Å²) in [6.45, 7) is 0.847. The molecule has 2 heterocycles. The molecule has 2 aliphatic rings. The summed E-state index contributed by atoms with van der Waals surface area (Å²) in [5.41, 5.74) is 0. The third-order valence-corrected chi connectivity index (χ3v) is 5.13. The summed E-state index contributed by atoms with van der Waals surface area (Å²) in [6, 6.07) is -1.19. The molecule has 0 saturated carbocycles. The minimum atomic E-state index is -3.84. The number of hydrogen-bond acceptors (Lipinski definition) is 5. The van der Waals surface area contributed by atoms with Crippen LogP contribution in [0.4, 0.5) is 0 Å². The molecule has 104 valence electrons. The largest absolute Gasteiger partial charge is 0.480 e. The fourth-order valence-corrected chi connectivity index (χ4v) is 3.95. The maximum absolute atomic E-state index is 12.3. The first kappa shape index (κ1) is 13.7. The molecular weight excluding hydrogens is 264 g/mol. The quantitative estimate of drug-likeness (QED) is 0.624. The average molecular weight is 280 g/mol. The SMILES string of the molecule is O=C(O)[C@H]1C[C@@H](O)CN1S(=O)(=O)N1CCOCC1. The summed E-state index contributed by atoms with van der Waals surface area (Å²) < 4.78 is 31.7. The summed E-state index contributed by atoms with van der Waals surface area (Å²) >= 11 is 0. The van der Waals surface area contributed by atoms with Gasteiger partial charge in [-0.1, -0.05) is 0 Å². The summed E-state index contributed by atoms with van der Waals surface area (Å²) in [5.74, 6) is -1.23. The smallest absolute Gasteiger partial charge is 0.322 e. The van der Waals surface area contributed by atoms with Gasteiger partial charge in [0.15, 0.2) is 0 Å². The molecule has 2 fully saturated rings. The molecule has 9 heteroatoms. The van der Waals surface area contributed by atoms with E-state index in [-0.39, 0.29) is 26.1 Å². The number of aliphatic hydroxyl groups excluding tert-OH is 1. The monoisotopic (exact) mass is 280 g/mol. The summed E-state index contributed by atoms with van der Waals surface area (Å²) in [4.78, 5) is 11.0. The number of morpholine rings is 1. The molecule has 2 atom stereocenters. The number of rotatable bonds is 3. The van der Waals surface area contributed by atoms with Crippen LogP contribution in [0.15, 0.2) is 0 Å². The summed E-state index contributed by atoms with van der Waals surface area (Å²) in [6.07, 6.45) is -0.999. The van der Waals surface area contributed by atoms with E-state index in [1.807, 2.05) is 0 Å². The van der Waals surface area contributed by atoms with Gasteiger partial charge in [-0.3, -0.25) is 4.79 Å². The van der Waals surface area contributed by atoms with Crippen LogP contribution in [0.2, 0.25) is 0 Å². The van der Waals surface area contributed by atoms with Gasteiger partial charge in [0.25, 0.3) is 10.2 Å². The zero-order valence-electron chi connectivity index (χ0n) is 9.73. The zero-order chi connectivity index (χ0) is 13.3. The molecule has 2 N–H and O–H groups in total.